The molecular formula is C27H20FN5O6. The van der Waals surface area contributed by atoms with Crippen LogP contribution in [0.4, 0.5) is 10.1 Å². The highest BCUT2D eigenvalue weighted by Crippen LogP contribution is 2.32. The summed E-state index contributed by atoms with van der Waals surface area (Å²) in [5.41, 5.74) is 0.978. The van der Waals surface area contributed by atoms with Crippen LogP contribution in [0.5, 0.6) is 17.2 Å². The van der Waals surface area contributed by atoms with E-state index in [1.165, 1.54) is 29.1 Å². The van der Waals surface area contributed by atoms with Crippen molar-refractivity contribution in [3.8, 4) is 28.6 Å². The fourth-order valence-corrected chi connectivity index (χ4v) is 3.53. The summed E-state index contributed by atoms with van der Waals surface area (Å²) in [5, 5.41) is 23.2. The topological polar surface area (TPSA) is 142 Å². The number of para-hydroxylation sites is 1. The molecule has 0 spiro atoms. The molecule has 11 nitrogen and oxygen atoms in total. The Morgan fingerprint density at radius 1 is 1.00 bits per heavy atom. The molecule has 39 heavy (non-hydrogen) atoms. The molecule has 3 aromatic carbocycles. The van der Waals surface area contributed by atoms with Gasteiger partial charge in [-0.15, -0.1) is 5.10 Å². The highest BCUT2D eigenvalue weighted by molar-refractivity contribution is 5.90. The maximum atomic E-state index is 13.9. The van der Waals surface area contributed by atoms with Crippen molar-refractivity contribution in [3.63, 3.8) is 0 Å². The van der Waals surface area contributed by atoms with Crippen LogP contribution in [0.1, 0.15) is 16.2 Å². The van der Waals surface area contributed by atoms with Crippen molar-refractivity contribution < 1.29 is 33.1 Å². The molecule has 0 fully saturated rings. The Morgan fingerprint density at radius 2 is 1.77 bits per heavy atom. The molecular weight excluding hydrogens is 509 g/mol. The number of hydrogen-bond donors (Lipinski definition) is 2. The quantitative estimate of drug-likeness (QED) is 0.261. The number of rotatable bonds is 10. The van der Waals surface area contributed by atoms with E-state index >= 15 is 0 Å². The number of benzene rings is 3. The zero-order valence-corrected chi connectivity index (χ0v) is 20.2. The van der Waals surface area contributed by atoms with Gasteiger partial charge in [-0.2, -0.15) is 0 Å². The molecule has 0 saturated carbocycles. The van der Waals surface area contributed by atoms with Crippen LogP contribution in [-0.2, 0) is 17.9 Å². The van der Waals surface area contributed by atoms with Crippen molar-refractivity contribution in [2.45, 2.75) is 13.2 Å². The predicted octanol–water partition coefficient (Wildman–Crippen LogP) is 4.78. The van der Waals surface area contributed by atoms with Gasteiger partial charge in [-0.3, -0.25) is 4.79 Å². The molecule has 0 unspecified atom stereocenters. The first-order chi connectivity index (χ1) is 18.9. The zero-order chi connectivity index (χ0) is 27.2. The summed E-state index contributed by atoms with van der Waals surface area (Å²) in [4.78, 5) is 23.6. The average molecular weight is 529 g/mol. The average Bonchev–Trinajstić information content (AvgIpc) is 3.59. The Bertz CT molecular complexity index is 1600. The standard InChI is InChI=1S/C27H20FN5O6/c28-17-6-11-22(25-13-23(27(35)36)31-39-25)24(12-17)37-16-19-14-33(32-30-19)15-26(34)29-18-7-9-21(10-8-18)38-20-4-2-1-3-5-20/h1-14H,15-16H2,(H,29,34)(H,35,36). The molecule has 12 heteroatoms. The van der Waals surface area contributed by atoms with E-state index in [9.17, 15) is 14.0 Å². The van der Waals surface area contributed by atoms with Gasteiger partial charge in [0.25, 0.3) is 0 Å². The lowest BCUT2D eigenvalue weighted by Gasteiger charge is -2.08. The molecule has 2 heterocycles. The molecule has 5 aromatic rings. The second kappa shape index (κ2) is 11.3. The minimum atomic E-state index is -1.26. The van der Waals surface area contributed by atoms with Gasteiger partial charge >= 0.3 is 5.97 Å². The summed E-state index contributed by atoms with van der Waals surface area (Å²) in [6, 6.07) is 21.2. The molecule has 196 valence electrons. The molecule has 0 aliphatic heterocycles. The first-order valence-electron chi connectivity index (χ1n) is 11.6. The summed E-state index contributed by atoms with van der Waals surface area (Å²) in [6.07, 6.45) is 1.52. The Morgan fingerprint density at radius 3 is 2.51 bits per heavy atom. The van der Waals surface area contributed by atoms with Crippen molar-refractivity contribution in [2.75, 3.05) is 5.32 Å². The first kappa shape index (κ1) is 25.1. The van der Waals surface area contributed by atoms with E-state index in [1.807, 2.05) is 30.3 Å². The van der Waals surface area contributed by atoms with Gasteiger partial charge in [0, 0.05) is 17.8 Å². The third kappa shape index (κ3) is 6.43. The zero-order valence-electron chi connectivity index (χ0n) is 20.2. The van der Waals surface area contributed by atoms with Crippen LogP contribution in [0.15, 0.2) is 89.6 Å². The molecule has 5 rings (SSSR count). The van der Waals surface area contributed by atoms with Crippen LogP contribution in [0.3, 0.4) is 0 Å². The van der Waals surface area contributed by atoms with Crippen molar-refractivity contribution in [2.24, 2.45) is 0 Å². The van der Waals surface area contributed by atoms with Crippen molar-refractivity contribution in [3.05, 3.63) is 102 Å². The Hall–Kier alpha value is -5.52. The maximum absolute atomic E-state index is 13.9. The van der Waals surface area contributed by atoms with Gasteiger partial charge in [0.2, 0.25) is 5.91 Å². The van der Waals surface area contributed by atoms with Crippen LogP contribution in [0, 0.1) is 5.82 Å². The fourth-order valence-electron chi connectivity index (χ4n) is 3.53. The molecule has 0 aliphatic carbocycles. The van der Waals surface area contributed by atoms with E-state index in [-0.39, 0.29) is 36.3 Å². The number of carboxylic acids is 1. The van der Waals surface area contributed by atoms with Crippen LogP contribution in [0.2, 0.25) is 0 Å². The molecule has 2 N–H and O–H groups in total. The number of carboxylic acid groups (broad SMARTS) is 1. The Labute approximate surface area is 220 Å². The fraction of sp³-hybridized carbons (Fsp3) is 0.0741. The summed E-state index contributed by atoms with van der Waals surface area (Å²) >= 11 is 0. The number of amides is 1. The molecule has 0 atom stereocenters. The van der Waals surface area contributed by atoms with Gasteiger partial charge in [-0.05, 0) is 48.5 Å². The lowest BCUT2D eigenvalue weighted by molar-refractivity contribution is -0.116. The predicted molar refractivity (Wildman–Crippen MR) is 135 cm³/mol. The maximum Gasteiger partial charge on any atom is 0.358 e. The molecule has 0 radical (unpaired) electrons. The van der Waals surface area contributed by atoms with E-state index in [0.717, 1.165) is 6.07 Å². The highest BCUT2D eigenvalue weighted by Gasteiger charge is 2.17. The van der Waals surface area contributed by atoms with Crippen molar-refractivity contribution in [1.29, 1.82) is 0 Å². The smallest absolute Gasteiger partial charge is 0.358 e. The number of hydrogen-bond acceptors (Lipinski definition) is 8. The number of ether oxygens (including phenoxy) is 2. The van der Waals surface area contributed by atoms with Gasteiger partial charge in [0.1, 0.15) is 41.9 Å². The summed E-state index contributed by atoms with van der Waals surface area (Å²) in [6.45, 7) is -0.197. The summed E-state index contributed by atoms with van der Waals surface area (Å²) in [7, 11) is 0. The number of carbonyl (C=O) groups is 2. The van der Waals surface area contributed by atoms with Gasteiger partial charge in [0.15, 0.2) is 11.5 Å². The van der Waals surface area contributed by atoms with Gasteiger partial charge in [0.05, 0.1) is 11.8 Å². The van der Waals surface area contributed by atoms with E-state index < -0.39 is 11.8 Å². The second-order valence-electron chi connectivity index (χ2n) is 8.21. The van der Waals surface area contributed by atoms with Crippen LogP contribution in [-0.4, -0.2) is 37.1 Å². The SMILES string of the molecule is O=C(Cn1cc(COc2cc(F)ccc2-c2cc(C(=O)O)no2)nn1)Nc1ccc(Oc2ccccc2)cc1. The van der Waals surface area contributed by atoms with Gasteiger partial charge in [-0.25, -0.2) is 13.9 Å². The number of aromatic nitrogens is 4. The number of nitrogens with zero attached hydrogens (tertiary/aromatic N) is 4. The van der Waals surface area contributed by atoms with Crippen LogP contribution in [0.25, 0.3) is 11.3 Å². The Kier molecular flexibility index (Phi) is 7.26. The van der Waals surface area contributed by atoms with Crippen LogP contribution >= 0.6 is 0 Å². The monoisotopic (exact) mass is 529 g/mol. The van der Waals surface area contributed by atoms with Crippen molar-refractivity contribution in [1.82, 2.24) is 20.2 Å². The number of carbonyl (C=O) groups excluding carboxylic acids is 1. The van der Waals surface area contributed by atoms with Gasteiger partial charge < -0.3 is 24.4 Å². The molecule has 0 saturated heterocycles. The van der Waals surface area contributed by atoms with Crippen LogP contribution < -0.4 is 14.8 Å². The van der Waals surface area contributed by atoms with E-state index in [2.05, 4.69) is 20.8 Å². The number of nitrogens with one attached hydrogen (secondary N) is 1. The molecule has 0 aliphatic rings. The summed E-state index contributed by atoms with van der Waals surface area (Å²) < 4.78 is 31.7. The minimum absolute atomic E-state index is 0.0927. The number of halogens is 1. The van der Waals surface area contributed by atoms with E-state index in [0.29, 0.717) is 28.4 Å². The summed E-state index contributed by atoms with van der Waals surface area (Å²) in [5.74, 6) is -0.615. The van der Waals surface area contributed by atoms with Gasteiger partial charge in [-0.1, -0.05) is 28.6 Å². The lowest BCUT2D eigenvalue weighted by atomic mass is 10.1. The largest absolute Gasteiger partial charge is 0.486 e. The third-order valence-corrected chi connectivity index (χ3v) is 5.32. The Balaban J connectivity index is 1.17. The number of anilines is 1. The van der Waals surface area contributed by atoms with E-state index in [1.54, 1.807) is 24.3 Å². The highest BCUT2D eigenvalue weighted by atomic mass is 19.1. The number of aromatic carboxylic acids is 1. The molecule has 0 bridgehead atoms. The first-order valence-corrected chi connectivity index (χ1v) is 11.6. The second-order valence-corrected chi connectivity index (χ2v) is 8.21. The molecule has 2 aromatic heterocycles. The van der Waals surface area contributed by atoms with Crippen molar-refractivity contribution >= 4 is 17.6 Å². The third-order valence-electron chi connectivity index (χ3n) is 5.32. The lowest BCUT2D eigenvalue weighted by Crippen LogP contribution is -2.19. The minimum Gasteiger partial charge on any atom is -0.486 e. The normalized spacial score (nSPS) is 10.7. The van der Waals surface area contributed by atoms with E-state index in [4.69, 9.17) is 19.1 Å². The molecule has 1 amide bonds.